The lowest BCUT2D eigenvalue weighted by molar-refractivity contribution is -0.136. The summed E-state index contributed by atoms with van der Waals surface area (Å²) >= 11 is 0. The minimum absolute atomic E-state index is 0.249. The van der Waals surface area contributed by atoms with E-state index in [2.05, 4.69) is 21.3 Å². The van der Waals surface area contributed by atoms with Crippen LogP contribution < -0.4 is 32.7 Å². The molecule has 32 heavy (non-hydrogen) atoms. The molecule has 0 saturated heterocycles. The predicted molar refractivity (Wildman–Crippen MR) is 121 cm³/mol. The fourth-order valence-electron chi connectivity index (χ4n) is 2.83. The SMILES string of the molecule is CC[C@H](C)[C@H](NC(=O)[C@@H](NC(=O)[C@H](C)N)C(C)C)C(=O)N[C@H](C(=O)NCC(N)=O)C(C)C. The maximum atomic E-state index is 13.1. The molecule has 0 bridgehead atoms. The molecule has 0 aromatic carbocycles. The number of primary amides is 1. The number of rotatable bonds is 13. The molecule has 0 saturated carbocycles. The van der Waals surface area contributed by atoms with Crippen molar-refractivity contribution in [3.63, 3.8) is 0 Å². The molecule has 0 fully saturated rings. The number of nitrogens with one attached hydrogen (secondary N) is 4. The summed E-state index contributed by atoms with van der Waals surface area (Å²) in [5.74, 6) is -3.58. The van der Waals surface area contributed by atoms with Crippen molar-refractivity contribution in [1.29, 1.82) is 0 Å². The molecule has 184 valence electrons. The van der Waals surface area contributed by atoms with Crippen LogP contribution in [0.3, 0.4) is 0 Å². The van der Waals surface area contributed by atoms with E-state index in [4.69, 9.17) is 11.5 Å². The first-order chi connectivity index (χ1) is 14.7. The molecule has 0 radical (unpaired) electrons. The molecule has 0 aliphatic rings. The number of nitrogens with two attached hydrogens (primary N) is 2. The molecular weight excluding hydrogens is 416 g/mol. The number of carbonyl (C=O) groups is 5. The molecular formula is C21H40N6O5. The predicted octanol–water partition coefficient (Wildman–Crippen LogP) is -1.25. The lowest BCUT2D eigenvalue weighted by Crippen LogP contribution is -2.60. The van der Waals surface area contributed by atoms with Crippen molar-refractivity contribution in [2.75, 3.05) is 6.54 Å². The van der Waals surface area contributed by atoms with Gasteiger partial charge in [-0.1, -0.05) is 48.0 Å². The fraction of sp³-hybridized carbons (Fsp3) is 0.762. The van der Waals surface area contributed by atoms with E-state index in [9.17, 15) is 24.0 Å². The highest BCUT2D eigenvalue weighted by Gasteiger charge is 2.34. The molecule has 0 aliphatic carbocycles. The van der Waals surface area contributed by atoms with Gasteiger partial charge in [0.15, 0.2) is 0 Å². The molecule has 0 spiro atoms. The van der Waals surface area contributed by atoms with E-state index < -0.39 is 53.7 Å². The molecule has 0 aliphatic heterocycles. The Balaban J connectivity index is 5.55. The summed E-state index contributed by atoms with van der Waals surface area (Å²) < 4.78 is 0. The van der Waals surface area contributed by atoms with Gasteiger partial charge in [0.25, 0.3) is 0 Å². The van der Waals surface area contributed by atoms with Crippen LogP contribution in [0, 0.1) is 17.8 Å². The van der Waals surface area contributed by atoms with E-state index in [1.165, 1.54) is 6.92 Å². The van der Waals surface area contributed by atoms with Gasteiger partial charge in [0, 0.05) is 0 Å². The highest BCUT2D eigenvalue weighted by atomic mass is 16.2. The Bertz CT molecular complexity index is 680. The van der Waals surface area contributed by atoms with E-state index in [-0.39, 0.29) is 24.3 Å². The molecule has 0 aromatic rings. The first kappa shape index (κ1) is 29.3. The van der Waals surface area contributed by atoms with Crippen molar-refractivity contribution in [1.82, 2.24) is 21.3 Å². The van der Waals surface area contributed by atoms with E-state index in [0.29, 0.717) is 6.42 Å². The van der Waals surface area contributed by atoms with Crippen molar-refractivity contribution < 1.29 is 24.0 Å². The van der Waals surface area contributed by atoms with Gasteiger partial charge in [0.2, 0.25) is 29.5 Å². The Kier molecular flexibility index (Phi) is 12.5. The van der Waals surface area contributed by atoms with Gasteiger partial charge in [-0.25, -0.2) is 0 Å². The van der Waals surface area contributed by atoms with Gasteiger partial charge in [-0.3, -0.25) is 24.0 Å². The van der Waals surface area contributed by atoms with Crippen molar-refractivity contribution in [3.8, 4) is 0 Å². The van der Waals surface area contributed by atoms with Crippen LogP contribution in [0.4, 0.5) is 0 Å². The third kappa shape index (κ3) is 9.63. The Morgan fingerprint density at radius 1 is 0.688 bits per heavy atom. The van der Waals surface area contributed by atoms with E-state index in [1.54, 1.807) is 34.6 Å². The molecule has 5 amide bonds. The Hall–Kier alpha value is -2.69. The van der Waals surface area contributed by atoms with Gasteiger partial charge in [0.05, 0.1) is 12.6 Å². The first-order valence-electron chi connectivity index (χ1n) is 10.9. The molecule has 5 atom stereocenters. The quantitative estimate of drug-likeness (QED) is 0.201. The fourth-order valence-corrected chi connectivity index (χ4v) is 2.83. The largest absolute Gasteiger partial charge is 0.368 e. The summed E-state index contributed by atoms with van der Waals surface area (Å²) in [5, 5.41) is 10.4. The number of hydrogen-bond donors (Lipinski definition) is 6. The molecule has 0 unspecified atom stereocenters. The van der Waals surface area contributed by atoms with Crippen LogP contribution in [-0.4, -0.2) is 60.2 Å². The average molecular weight is 457 g/mol. The van der Waals surface area contributed by atoms with Crippen LogP contribution in [0.5, 0.6) is 0 Å². The molecule has 0 rings (SSSR count). The van der Waals surface area contributed by atoms with Gasteiger partial charge in [-0.15, -0.1) is 0 Å². The van der Waals surface area contributed by atoms with E-state index in [0.717, 1.165) is 0 Å². The van der Waals surface area contributed by atoms with Crippen LogP contribution in [-0.2, 0) is 24.0 Å². The normalized spacial score (nSPS) is 15.8. The average Bonchev–Trinajstić information content (AvgIpc) is 2.70. The van der Waals surface area contributed by atoms with Gasteiger partial charge < -0.3 is 32.7 Å². The van der Waals surface area contributed by atoms with Crippen molar-refractivity contribution in [2.24, 2.45) is 29.2 Å². The first-order valence-corrected chi connectivity index (χ1v) is 10.9. The molecule has 11 heteroatoms. The van der Waals surface area contributed by atoms with Crippen LogP contribution >= 0.6 is 0 Å². The lowest BCUT2D eigenvalue weighted by Gasteiger charge is -2.30. The second kappa shape index (κ2) is 13.7. The van der Waals surface area contributed by atoms with Crippen molar-refractivity contribution in [3.05, 3.63) is 0 Å². The second-order valence-electron chi connectivity index (χ2n) is 8.81. The summed E-state index contributed by atoms with van der Waals surface area (Å²) in [6, 6.07) is -3.54. The number of hydrogen-bond acceptors (Lipinski definition) is 6. The Morgan fingerprint density at radius 3 is 1.50 bits per heavy atom. The minimum Gasteiger partial charge on any atom is -0.368 e. The minimum atomic E-state index is -0.939. The molecule has 0 heterocycles. The standard InChI is InChI=1S/C21H40N6O5/c1-8-12(6)17(27-20(31)16(11(4)5)25-18(29)13(7)22)21(32)26-15(10(2)3)19(30)24-9-14(23)28/h10-13,15-17H,8-9,22H2,1-7H3,(H2,23,28)(H,24,30)(H,25,29)(H,26,32)(H,27,31)/t12-,13-,15-,16-,17-/m0/s1. The zero-order valence-corrected chi connectivity index (χ0v) is 20.2. The van der Waals surface area contributed by atoms with Crippen LogP contribution in [0.1, 0.15) is 54.9 Å². The summed E-state index contributed by atoms with van der Waals surface area (Å²) in [6.07, 6.45) is 0.580. The third-order valence-corrected chi connectivity index (χ3v) is 5.14. The van der Waals surface area contributed by atoms with Crippen molar-refractivity contribution in [2.45, 2.75) is 79.1 Å². The summed E-state index contributed by atoms with van der Waals surface area (Å²) in [5.41, 5.74) is 10.6. The van der Waals surface area contributed by atoms with Gasteiger partial charge >= 0.3 is 0 Å². The lowest BCUT2D eigenvalue weighted by atomic mass is 9.95. The van der Waals surface area contributed by atoms with E-state index >= 15 is 0 Å². The number of amides is 5. The second-order valence-corrected chi connectivity index (χ2v) is 8.81. The monoisotopic (exact) mass is 456 g/mol. The van der Waals surface area contributed by atoms with Gasteiger partial charge in [-0.05, 0) is 24.7 Å². The highest BCUT2D eigenvalue weighted by molar-refractivity contribution is 5.95. The Labute approximate surface area is 190 Å². The number of carbonyl (C=O) groups excluding carboxylic acids is 5. The Morgan fingerprint density at radius 2 is 1.09 bits per heavy atom. The van der Waals surface area contributed by atoms with Gasteiger partial charge in [-0.2, -0.15) is 0 Å². The van der Waals surface area contributed by atoms with E-state index in [1.807, 2.05) is 6.92 Å². The maximum absolute atomic E-state index is 13.1. The smallest absolute Gasteiger partial charge is 0.243 e. The van der Waals surface area contributed by atoms with Gasteiger partial charge in [0.1, 0.15) is 18.1 Å². The maximum Gasteiger partial charge on any atom is 0.243 e. The van der Waals surface area contributed by atoms with Crippen molar-refractivity contribution >= 4 is 29.5 Å². The summed E-state index contributed by atoms with van der Waals surface area (Å²) in [4.78, 5) is 61.3. The zero-order valence-electron chi connectivity index (χ0n) is 20.2. The van der Waals surface area contributed by atoms with Crippen LogP contribution in [0.2, 0.25) is 0 Å². The molecule has 11 nitrogen and oxygen atoms in total. The zero-order chi connectivity index (χ0) is 25.2. The molecule has 8 N–H and O–H groups in total. The highest BCUT2D eigenvalue weighted by Crippen LogP contribution is 2.12. The van der Waals surface area contributed by atoms with Crippen LogP contribution in [0.15, 0.2) is 0 Å². The summed E-state index contributed by atoms with van der Waals surface area (Å²) in [7, 11) is 0. The third-order valence-electron chi connectivity index (χ3n) is 5.14. The topological polar surface area (TPSA) is 186 Å². The molecule has 0 aromatic heterocycles. The summed E-state index contributed by atoms with van der Waals surface area (Å²) in [6.45, 7) is 11.8. The van der Waals surface area contributed by atoms with Crippen LogP contribution in [0.25, 0.3) is 0 Å².